The van der Waals surface area contributed by atoms with Crippen LogP contribution < -0.4 is 4.90 Å². The van der Waals surface area contributed by atoms with Gasteiger partial charge in [-0.2, -0.15) is 0 Å². The van der Waals surface area contributed by atoms with Gasteiger partial charge in [-0.15, -0.1) is 0 Å². The molecule has 1 unspecified atom stereocenters. The molecular formula is C22H23N5O2. The molecule has 0 N–H and O–H groups in total. The van der Waals surface area contributed by atoms with Crippen LogP contribution in [0, 0.1) is 6.92 Å². The third kappa shape index (κ3) is 2.80. The molecule has 1 spiro atoms. The molecule has 2 saturated heterocycles. The molecule has 1 aromatic carbocycles. The predicted octanol–water partition coefficient (Wildman–Crippen LogP) is 2.84. The number of carbonyl (C=O) groups is 2. The molecular weight excluding hydrogens is 366 g/mol. The molecule has 4 heterocycles. The van der Waals surface area contributed by atoms with Gasteiger partial charge >= 0.3 is 0 Å². The van der Waals surface area contributed by atoms with E-state index in [1.165, 1.54) is 0 Å². The Hall–Kier alpha value is -3.22. The zero-order valence-electron chi connectivity index (χ0n) is 16.4. The molecule has 2 aromatic heterocycles. The van der Waals surface area contributed by atoms with Crippen molar-refractivity contribution < 1.29 is 9.59 Å². The zero-order valence-corrected chi connectivity index (χ0v) is 16.4. The van der Waals surface area contributed by atoms with Crippen LogP contribution in [0.5, 0.6) is 0 Å². The SMILES string of the molecule is Cc1ccc(N2CCCC3(CCCN3C(=O)c3cn4cccnc4n3)C2=O)cc1. The fraction of sp³-hybridized carbons (Fsp3) is 0.364. The molecule has 29 heavy (non-hydrogen) atoms. The first kappa shape index (κ1) is 17.8. The quantitative estimate of drug-likeness (QED) is 0.676. The summed E-state index contributed by atoms with van der Waals surface area (Å²) in [5.41, 5.74) is 1.62. The van der Waals surface area contributed by atoms with Gasteiger partial charge in [0.05, 0.1) is 0 Å². The van der Waals surface area contributed by atoms with Crippen molar-refractivity contribution in [2.45, 2.75) is 38.1 Å². The fourth-order valence-corrected chi connectivity index (χ4v) is 4.69. The van der Waals surface area contributed by atoms with E-state index >= 15 is 0 Å². The van der Waals surface area contributed by atoms with E-state index in [0.717, 1.165) is 24.1 Å². The van der Waals surface area contributed by atoms with Crippen LogP contribution in [0.15, 0.2) is 48.9 Å². The topological polar surface area (TPSA) is 70.8 Å². The van der Waals surface area contributed by atoms with Crippen molar-refractivity contribution in [2.75, 3.05) is 18.0 Å². The number of piperidine rings is 1. The summed E-state index contributed by atoms with van der Waals surface area (Å²) < 4.78 is 1.73. The second-order valence-electron chi connectivity index (χ2n) is 7.94. The Balaban J connectivity index is 1.48. The van der Waals surface area contributed by atoms with E-state index < -0.39 is 5.54 Å². The largest absolute Gasteiger partial charge is 0.323 e. The highest BCUT2D eigenvalue weighted by Crippen LogP contribution is 2.40. The van der Waals surface area contributed by atoms with Crippen LogP contribution in [-0.2, 0) is 4.79 Å². The Bertz CT molecular complexity index is 1060. The van der Waals surface area contributed by atoms with Gasteiger partial charge in [-0.25, -0.2) is 9.97 Å². The van der Waals surface area contributed by atoms with E-state index in [2.05, 4.69) is 9.97 Å². The number of imidazole rings is 1. The summed E-state index contributed by atoms with van der Waals surface area (Å²) in [4.78, 5) is 39.2. The summed E-state index contributed by atoms with van der Waals surface area (Å²) in [6.45, 7) is 3.29. The number of anilines is 1. The number of rotatable bonds is 2. The standard InChI is InChI=1S/C22H23N5O2/c1-16-5-7-17(8-6-16)26-13-2-9-22(20(26)29)10-3-14-27(22)19(28)18-15-25-12-4-11-23-21(25)24-18/h4-8,11-12,15H,2-3,9-10,13-14H2,1H3. The molecule has 0 radical (unpaired) electrons. The third-order valence-corrected chi connectivity index (χ3v) is 6.15. The van der Waals surface area contributed by atoms with Gasteiger partial charge in [0.15, 0.2) is 0 Å². The molecule has 0 saturated carbocycles. The maximum atomic E-state index is 13.6. The van der Waals surface area contributed by atoms with Gasteiger partial charge in [-0.3, -0.25) is 14.0 Å². The molecule has 148 valence electrons. The smallest absolute Gasteiger partial charge is 0.275 e. The zero-order chi connectivity index (χ0) is 20.0. The highest BCUT2D eigenvalue weighted by atomic mass is 16.2. The molecule has 1 atom stereocenters. The van der Waals surface area contributed by atoms with Crippen molar-refractivity contribution in [3.8, 4) is 0 Å². The Labute approximate surface area is 169 Å². The van der Waals surface area contributed by atoms with Crippen molar-refractivity contribution in [3.05, 3.63) is 60.2 Å². The number of fused-ring (bicyclic) bond motifs is 1. The predicted molar refractivity (Wildman–Crippen MR) is 109 cm³/mol. The molecule has 2 amide bonds. The summed E-state index contributed by atoms with van der Waals surface area (Å²) in [6, 6.07) is 9.81. The van der Waals surface area contributed by atoms with E-state index in [1.807, 2.05) is 42.3 Å². The second kappa shape index (κ2) is 6.69. The molecule has 0 aliphatic carbocycles. The number of benzene rings is 1. The lowest BCUT2D eigenvalue weighted by molar-refractivity contribution is -0.130. The number of amides is 2. The van der Waals surface area contributed by atoms with E-state index in [-0.39, 0.29) is 11.8 Å². The van der Waals surface area contributed by atoms with Crippen molar-refractivity contribution in [1.82, 2.24) is 19.3 Å². The minimum atomic E-state index is -0.774. The number of hydrogen-bond acceptors (Lipinski definition) is 4. The first-order valence-corrected chi connectivity index (χ1v) is 10.1. The number of hydrogen-bond donors (Lipinski definition) is 0. The van der Waals surface area contributed by atoms with Crippen LogP contribution in [0.25, 0.3) is 5.78 Å². The van der Waals surface area contributed by atoms with Crippen LogP contribution in [-0.4, -0.2) is 49.7 Å². The molecule has 5 rings (SSSR count). The Morgan fingerprint density at radius 1 is 1.10 bits per heavy atom. The molecule has 0 bridgehead atoms. The van der Waals surface area contributed by atoms with Gasteiger partial charge in [-0.05, 0) is 50.8 Å². The molecule has 7 nitrogen and oxygen atoms in total. The number of aryl methyl sites for hydroxylation is 1. The van der Waals surface area contributed by atoms with Crippen molar-refractivity contribution in [2.24, 2.45) is 0 Å². The van der Waals surface area contributed by atoms with E-state index in [0.29, 0.717) is 37.4 Å². The maximum absolute atomic E-state index is 13.6. The van der Waals surface area contributed by atoms with E-state index in [1.54, 1.807) is 27.8 Å². The molecule has 2 fully saturated rings. The number of nitrogens with zero attached hydrogens (tertiary/aromatic N) is 5. The summed E-state index contributed by atoms with van der Waals surface area (Å²) in [5, 5.41) is 0. The van der Waals surface area contributed by atoms with E-state index in [9.17, 15) is 9.59 Å². The van der Waals surface area contributed by atoms with Crippen molar-refractivity contribution in [1.29, 1.82) is 0 Å². The number of carbonyl (C=O) groups excluding carboxylic acids is 2. The van der Waals surface area contributed by atoms with Crippen molar-refractivity contribution >= 4 is 23.3 Å². The molecule has 2 aliphatic rings. The van der Waals surface area contributed by atoms with E-state index in [4.69, 9.17) is 0 Å². The van der Waals surface area contributed by atoms with Crippen LogP contribution >= 0.6 is 0 Å². The lowest BCUT2D eigenvalue weighted by atomic mass is 9.85. The van der Waals surface area contributed by atoms with Gasteiger partial charge in [-0.1, -0.05) is 17.7 Å². The minimum Gasteiger partial charge on any atom is -0.323 e. The van der Waals surface area contributed by atoms with Gasteiger partial charge < -0.3 is 9.80 Å². The first-order valence-electron chi connectivity index (χ1n) is 10.1. The molecule has 2 aliphatic heterocycles. The highest BCUT2D eigenvalue weighted by Gasteiger charge is 2.53. The lowest BCUT2D eigenvalue weighted by Gasteiger charge is -2.44. The Morgan fingerprint density at radius 3 is 2.62 bits per heavy atom. The van der Waals surface area contributed by atoms with Crippen LogP contribution in [0.3, 0.4) is 0 Å². The summed E-state index contributed by atoms with van der Waals surface area (Å²) in [7, 11) is 0. The van der Waals surface area contributed by atoms with Crippen molar-refractivity contribution in [3.63, 3.8) is 0 Å². The number of aromatic nitrogens is 3. The van der Waals surface area contributed by atoms with Crippen LogP contribution in [0.4, 0.5) is 5.69 Å². The Kier molecular flexibility index (Phi) is 4.12. The fourth-order valence-electron chi connectivity index (χ4n) is 4.69. The van der Waals surface area contributed by atoms with Gasteiger partial charge in [0.1, 0.15) is 11.2 Å². The van der Waals surface area contributed by atoms with Crippen LogP contribution in [0.1, 0.15) is 41.7 Å². The average molecular weight is 389 g/mol. The Morgan fingerprint density at radius 2 is 1.86 bits per heavy atom. The van der Waals surface area contributed by atoms with Crippen LogP contribution in [0.2, 0.25) is 0 Å². The van der Waals surface area contributed by atoms with Gasteiger partial charge in [0.25, 0.3) is 11.8 Å². The normalized spacial score (nSPS) is 22.0. The molecule has 3 aromatic rings. The minimum absolute atomic E-state index is 0.0281. The maximum Gasteiger partial charge on any atom is 0.275 e. The summed E-state index contributed by atoms with van der Waals surface area (Å²) >= 11 is 0. The average Bonchev–Trinajstić information content (AvgIpc) is 3.35. The highest BCUT2D eigenvalue weighted by molar-refractivity contribution is 6.05. The first-order chi connectivity index (χ1) is 14.1. The third-order valence-electron chi connectivity index (χ3n) is 6.15. The van der Waals surface area contributed by atoms with Gasteiger partial charge in [0, 0.05) is 37.4 Å². The molecule has 7 heteroatoms. The summed E-state index contributed by atoms with van der Waals surface area (Å²) in [6.07, 6.45) is 8.26. The summed E-state index contributed by atoms with van der Waals surface area (Å²) in [5.74, 6) is 0.327. The lowest BCUT2D eigenvalue weighted by Crippen LogP contribution is -2.61. The number of likely N-dealkylation sites (tertiary alicyclic amines) is 1. The van der Waals surface area contributed by atoms with Gasteiger partial charge in [0.2, 0.25) is 5.78 Å². The second-order valence-corrected chi connectivity index (χ2v) is 7.94. The monoisotopic (exact) mass is 389 g/mol.